The van der Waals surface area contributed by atoms with E-state index in [2.05, 4.69) is 62.8 Å². The third kappa shape index (κ3) is 17.0. The van der Waals surface area contributed by atoms with Crippen molar-refractivity contribution in [3.63, 3.8) is 0 Å². The molecule has 3 aliphatic rings. The van der Waals surface area contributed by atoms with Gasteiger partial charge in [0.05, 0.1) is 19.4 Å². The fraction of sp³-hybridized carbons (Fsp3) is 0.844. The number of nitriles is 1. The van der Waals surface area contributed by atoms with Crippen molar-refractivity contribution in [2.75, 3.05) is 59.7 Å². The highest BCUT2D eigenvalue weighted by atomic mass is 19.1. The van der Waals surface area contributed by atoms with Crippen LogP contribution in [0.2, 0.25) is 0 Å². The lowest BCUT2D eigenvalue weighted by molar-refractivity contribution is -0.135. The van der Waals surface area contributed by atoms with Crippen molar-refractivity contribution in [1.29, 1.82) is 5.26 Å². The summed E-state index contributed by atoms with van der Waals surface area (Å²) in [5, 5.41) is 14.7. The maximum absolute atomic E-state index is 12.3. The summed E-state index contributed by atoms with van der Waals surface area (Å²) < 4.78 is 17.7. The minimum absolute atomic E-state index is 0.0851. The molecule has 2 heterocycles. The van der Waals surface area contributed by atoms with Gasteiger partial charge in [0.15, 0.2) is 0 Å². The van der Waals surface area contributed by atoms with Gasteiger partial charge in [0.2, 0.25) is 18.2 Å². The summed E-state index contributed by atoms with van der Waals surface area (Å²) in [6.07, 6.45) is 4.42. The van der Waals surface area contributed by atoms with Crippen LogP contribution in [0.25, 0.3) is 0 Å². The molecule has 2 aliphatic heterocycles. The molecule has 0 radical (unpaired) electrons. The quantitative estimate of drug-likeness (QED) is 0.208. The molecule has 3 atom stereocenters. The fourth-order valence-corrected chi connectivity index (χ4v) is 4.97. The minimum atomic E-state index is -0.574. The molecule has 4 N–H and O–H groups in total. The van der Waals surface area contributed by atoms with Gasteiger partial charge in [-0.2, -0.15) is 5.26 Å². The van der Waals surface area contributed by atoms with Gasteiger partial charge in [-0.3, -0.25) is 18.8 Å². The Balaban J connectivity index is 0.000000700. The highest BCUT2D eigenvalue weighted by Crippen LogP contribution is 2.41. The SMILES string of the molecule is CC(C)C.CC1CN(C(=O)COCCN2CC(CF)C2)CC1(C)C.CNC1(CC(C=O)CC(C#N)NC(C)=O)CC1.NC=O. The molecular weight excluding hydrogens is 567 g/mol. The van der Waals surface area contributed by atoms with Crippen molar-refractivity contribution in [1.82, 2.24) is 20.4 Å². The first-order valence-electron chi connectivity index (χ1n) is 15.7. The van der Waals surface area contributed by atoms with Crippen molar-refractivity contribution in [3.05, 3.63) is 0 Å². The average molecular weight is 627 g/mol. The van der Waals surface area contributed by atoms with Gasteiger partial charge in [-0.1, -0.05) is 41.5 Å². The predicted molar refractivity (Wildman–Crippen MR) is 170 cm³/mol. The van der Waals surface area contributed by atoms with Crippen LogP contribution >= 0.6 is 0 Å². The number of halogens is 1. The standard InChI is InChI=1S/C15H27FN2O2.C12H19N3O2.C4H10.CH3NO/c1-12-7-18(11-15(12,2)3)14(19)10-20-5-4-17-8-13(6-16)9-17;1-9(17)15-11(7-13)5-10(8-16)6-12(14-2)3-4-12;1-4(2)3;2-1-3/h12-13H,4-11H2,1-3H3;8,10-11,14H,3-6H2,1-2H3,(H,15,17);4H,1-3H3;1H,(H2,2,3). The molecule has 0 aromatic rings. The number of nitrogens with zero attached hydrogens (tertiary/aromatic N) is 3. The van der Waals surface area contributed by atoms with Crippen molar-refractivity contribution in [2.24, 2.45) is 34.8 Å². The Kier molecular flexibility index (Phi) is 19.9. The number of carbonyl (C=O) groups excluding carboxylic acids is 4. The molecule has 3 rings (SSSR count). The molecule has 1 saturated carbocycles. The molecule has 0 aromatic heterocycles. The lowest BCUT2D eigenvalue weighted by Gasteiger charge is -2.37. The summed E-state index contributed by atoms with van der Waals surface area (Å²) in [6.45, 7) is 19.1. The number of rotatable bonds is 13. The van der Waals surface area contributed by atoms with Gasteiger partial charge in [-0.05, 0) is 50.0 Å². The third-order valence-electron chi connectivity index (χ3n) is 8.11. The van der Waals surface area contributed by atoms with E-state index in [1.807, 2.05) is 18.0 Å². The molecule has 3 unspecified atom stereocenters. The van der Waals surface area contributed by atoms with Crippen molar-refractivity contribution < 1.29 is 28.3 Å². The molecule has 0 bridgehead atoms. The number of aldehydes is 1. The second kappa shape index (κ2) is 21.2. The van der Waals surface area contributed by atoms with E-state index >= 15 is 0 Å². The number of ether oxygens (including phenoxy) is 1. The Hall–Kier alpha value is -2.62. The van der Waals surface area contributed by atoms with E-state index in [9.17, 15) is 18.8 Å². The van der Waals surface area contributed by atoms with E-state index in [0.29, 0.717) is 18.9 Å². The van der Waals surface area contributed by atoms with Gasteiger partial charge in [0.25, 0.3) is 0 Å². The lowest BCUT2D eigenvalue weighted by atomic mass is 9.84. The van der Waals surface area contributed by atoms with Gasteiger partial charge in [-0.15, -0.1) is 0 Å². The summed E-state index contributed by atoms with van der Waals surface area (Å²) in [7, 11) is 1.89. The number of amides is 3. The second-order valence-corrected chi connectivity index (χ2v) is 13.6. The summed E-state index contributed by atoms with van der Waals surface area (Å²) in [4.78, 5) is 46.6. The zero-order valence-corrected chi connectivity index (χ0v) is 28.4. The number of carbonyl (C=O) groups is 4. The maximum Gasteiger partial charge on any atom is 0.248 e. The van der Waals surface area contributed by atoms with Gasteiger partial charge < -0.3 is 35.7 Å². The zero-order valence-electron chi connectivity index (χ0n) is 28.4. The molecular formula is C32H59FN6O5. The molecule has 3 amide bonds. The number of likely N-dealkylation sites (tertiary alicyclic amines) is 2. The first kappa shape index (κ1) is 41.4. The monoisotopic (exact) mass is 626 g/mol. The van der Waals surface area contributed by atoms with E-state index in [-0.39, 0.29) is 54.3 Å². The summed E-state index contributed by atoms with van der Waals surface area (Å²) in [6, 6.07) is 1.44. The van der Waals surface area contributed by atoms with Gasteiger partial charge in [0.1, 0.15) is 18.9 Å². The topological polar surface area (TPSA) is 158 Å². The van der Waals surface area contributed by atoms with Gasteiger partial charge >= 0.3 is 0 Å². The highest BCUT2D eigenvalue weighted by molar-refractivity contribution is 5.77. The van der Waals surface area contributed by atoms with Crippen LogP contribution in [-0.2, 0) is 23.9 Å². The summed E-state index contributed by atoms with van der Waals surface area (Å²) in [5.41, 5.74) is 4.45. The van der Waals surface area contributed by atoms with Crippen LogP contribution in [0.3, 0.4) is 0 Å². The Morgan fingerprint density at radius 3 is 2.14 bits per heavy atom. The third-order valence-corrected chi connectivity index (χ3v) is 8.11. The molecule has 0 aromatic carbocycles. The normalized spacial score (nSPS) is 20.9. The maximum atomic E-state index is 12.3. The molecule has 44 heavy (non-hydrogen) atoms. The van der Waals surface area contributed by atoms with E-state index in [0.717, 1.165) is 64.2 Å². The Labute approximate surface area is 264 Å². The van der Waals surface area contributed by atoms with Crippen LogP contribution in [0, 0.1) is 40.4 Å². The van der Waals surface area contributed by atoms with Crippen molar-refractivity contribution in [2.45, 2.75) is 85.7 Å². The molecule has 12 heteroatoms. The number of alkyl halides is 1. The van der Waals surface area contributed by atoms with Crippen LogP contribution in [0.15, 0.2) is 0 Å². The van der Waals surface area contributed by atoms with Crippen LogP contribution < -0.4 is 16.4 Å². The first-order valence-corrected chi connectivity index (χ1v) is 15.7. The number of primary amides is 1. The Morgan fingerprint density at radius 2 is 1.75 bits per heavy atom. The van der Waals surface area contributed by atoms with E-state index in [1.54, 1.807) is 0 Å². The van der Waals surface area contributed by atoms with Gasteiger partial charge in [0, 0.05) is 57.0 Å². The average Bonchev–Trinajstić information content (AvgIpc) is 3.64. The number of hydrogen-bond donors (Lipinski definition) is 3. The molecule has 254 valence electrons. The lowest BCUT2D eigenvalue weighted by Crippen LogP contribution is -2.49. The van der Waals surface area contributed by atoms with Crippen LogP contribution in [0.4, 0.5) is 4.39 Å². The molecule has 0 spiro atoms. The van der Waals surface area contributed by atoms with Crippen LogP contribution in [0.5, 0.6) is 0 Å². The van der Waals surface area contributed by atoms with E-state index < -0.39 is 6.04 Å². The number of hydrogen-bond acceptors (Lipinski definition) is 8. The van der Waals surface area contributed by atoms with Gasteiger partial charge in [-0.25, -0.2) is 0 Å². The number of nitrogens with two attached hydrogens (primary N) is 1. The number of nitrogens with one attached hydrogen (secondary N) is 2. The summed E-state index contributed by atoms with van der Waals surface area (Å²) in [5.74, 6) is 1.25. The van der Waals surface area contributed by atoms with Crippen molar-refractivity contribution in [3.8, 4) is 6.07 Å². The highest BCUT2D eigenvalue weighted by Gasteiger charge is 2.43. The van der Waals surface area contributed by atoms with E-state index in [4.69, 9.17) is 14.8 Å². The van der Waals surface area contributed by atoms with Crippen molar-refractivity contribution >= 4 is 24.5 Å². The van der Waals surface area contributed by atoms with E-state index in [1.165, 1.54) is 6.92 Å². The second-order valence-electron chi connectivity index (χ2n) is 13.6. The smallest absolute Gasteiger partial charge is 0.248 e. The minimum Gasteiger partial charge on any atom is -0.372 e. The summed E-state index contributed by atoms with van der Waals surface area (Å²) >= 11 is 0. The zero-order chi connectivity index (χ0) is 33.9. The van der Waals surface area contributed by atoms with Crippen LogP contribution in [-0.4, -0.2) is 106 Å². The Morgan fingerprint density at radius 1 is 1.18 bits per heavy atom. The molecule has 11 nitrogen and oxygen atoms in total. The molecule has 1 aliphatic carbocycles. The van der Waals surface area contributed by atoms with Crippen LogP contribution in [0.1, 0.15) is 74.1 Å². The first-order chi connectivity index (χ1) is 20.6. The fourth-order valence-electron chi connectivity index (χ4n) is 4.97. The Bertz CT molecular complexity index is 899. The molecule has 2 saturated heterocycles. The predicted octanol–water partition coefficient (Wildman–Crippen LogP) is 2.53. The molecule has 3 fully saturated rings. The largest absolute Gasteiger partial charge is 0.372 e.